The van der Waals surface area contributed by atoms with E-state index in [0.717, 1.165) is 0 Å². The number of hydrogen-bond donors (Lipinski definition) is 1. The van der Waals surface area contributed by atoms with Gasteiger partial charge >= 0.3 is 6.18 Å². The molecule has 0 radical (unpaired) electrons. The topological polar surface area (TPSA) is 26.0 Å². The highest BCUT2D eigenvalue weighted by Gasteiger charge is 2.55. The number of hydrogen-bond acceptors (Lipinski definition) is 1. The molecule has 0 bridgehead atoms. The Hall–Kier alpha value is -0.250. The second-order valence-electron chi connectivity index (χ2n) is 2.51. The first kappa shape index (κ1) is 6.86. The Morgan fingerprint density at radius 2 is 1.67 bits per heavy atom. The summed E-state index contributed by atoms with van der Waals surface area (Å²) < 4.78 is 35.3. The lowest BCUT2D eigenvalue weighted by Crippen LogP contribution is -2.58. The third-order valence-corrected chi connectivity index (χ3v) is 1.81. The summed E-state index contributed by atoms with van der Waals surface area (Å²) >= 11 is 0. The first-order chi connectivity index (χ1) is 3.96. The van der Waals surface area contributed by atoms with Gasteiger partial charge in [0.05, 0.1) is 0 Å². The van der Waals surface area contributed by atoms with Gasteiger partial charge in [-0.05, 0) is 19.3 Å². The summed E-state index contributed by atoms with van der Waals surface area (Å²) in [4.78, 5) is 0. The van der Waals surface area contributed by atoms with Crippen molar-refractivity contribution in [1.82, 2.24) is 0 Å². The molecule has 0 aromatic carbocycles. The van der Waals surface area contributed by atoms with Crippen molar-refractivity contribution in [2.75, 3.05) is 0 Å². The summed E-state index contributed by atoms with van der Waals surface area (Å²) in [5.41, 5.74) is 3.11. The Kier molecular flexibility index (Phi) is 1.24. The Balaban J connectivity index is 2.59. The maximum atomic E-state index is 11.8. The van der Waals surface area contributed by atoms with Crippen LogP contribution in [0.25, 0.3) is 0 Å². The van der Waals surface area contributed by atoms with Crippen molar-refractivity contribution in [1.29, 1.82) is 0 Å². The lowest BCUT2D eigenvalue weighted by atomic mass is 9.77. The van der Waals surface area contributed by atoms with Crippen LogP contribution in [0.1, 0.15) is 19.3 Å². The molecule has 0 heterocycles. The van der Waals surface area contributed by atoms with Gasteiger partial charge in [0, 0.05) is 0 Å². The minimum atomic E-state index is -4.19. The predicted octanol–water partition coefficient (Wildman–Crippen LogP) is 1.43. The van der Waals surface area contributed by atoms with E-state index in [9.17, 15) is 13.2 Å². The van der Waals surface area contributed by atoms with Gasteiger partial charge in [0.1, 0.15) is 5.54 Å². The Morgan fingerprint density at radius 3 is 1.67 bits per heavy atom. The molecule has 1 nitrogen and oxygen atoms in total. The van der Waals surface area contributed by atoms with E-state index in [1.165, 1.54) is 0 Å². The number of rotatable bonds is 0. The third kappa shape index (κ3) is 0.913. The molecule has 54 valence electrons. The van der Waals surface area contributed by atoms with Crippen LogP contribution in [0.3, 0.4) is 0 Å². The quantitative estimate of drug-likeness (QED) is 0.539. The molecular formula is C5H8F3N. The molecule has 0 unspecified atom stereocenters. The normalized spacial score (nSPS) is 25.3. The van der Waals surface area contributed by atoms with Gasteiger partial charge in [0.15, 0.2) is 0 Å². The van der Waals surface area contributed by atoms with Gasteiger partial charge in [0.2, 0.25) is 0 Å². The molecule has 0 atom stereocenters. The standard InChI is InChI=1S/C5H8F3N/c6-5(7,8)4(9)2-1-3-4/h1-3,9H2. The van der Waals surface area contributed by atoms with E-state index in [4.69, 9.17) is 5.73 Å². The van der Waals surface area contributed by atoms with Crippen molar-refractivity contribution in [2.24, 2.45) is 5.73 Å². The van der Waals surface area contributed by atoms with Crippen LogP contribution in [0.15, 0.2) is 0 Å². The van der Waals surface area contributed by atoms with E-state index >= 15 is 0 Å². The zero-order valence-electron chi connectivity index (χ0n) is 4.83. The van der Waals surface area contributed by atoms with Gasteiger partial charge in [-0.3, -0.25) is 0 Å². The van der Waals surface area contributed by atoms with Crippen LogP contribution in [-0.4, -0.2) is 11.7 Å². The van der Waals surface area contributed by atoms with Crippen LogP contribution in [0.2, 0.25) is 0 Å². The summed E-state index contributed by atoms with van der Waals surface area (Å²) in [5, 5.41) is 0. The minimum absolute atomic E-state index is 0.0938. The maximum Gasteiger partial charge on any atom is 0.406 e. The summed E-state index contributed by atoms with van der Waals surface area (Å²) in [6, 6.07) is 0. The van der Waals surface area contributed by atoms with Crippen molar-refractivity contribution >= 4 is 0 Å². The smallest absolute Gasteiger partial charge is 0.318 e. The van der Waals surface area contributed by atoms with Crippen LogP contribution in [0.5, 0.6) is 0 Å². The average Bonchev–Trinajstić information content (AvgIpc) is 1.57. The summed E-state index contributed by atoms with van der Waals surface area (Å²) in [7, 11) is 0. The molecule has 1 fully saturated rings. The highest BCUT2D eigenvalue weighted by molar-refractivity contribution is 4.98. The van der Waals surface area contributed by atoms with Crippen LogP contribution in [-0.2, 0) is 0 Å². The third-order valence-electron chi connectivity index (χ3n) is 1.81. The molecule has 0 aromatic heterocycles. The van der Waals surface area contributed by atoms with Crippen LogP contribution in [0.4, 0.5) is 13.2 Å². The number of nitrogens with two attached hydrogens (primary N) is 1. The van der Waals surface area contributed by atoms with E-state index < -0.39 is 11.7 Å². The Morgan fingerprint density at radius 1 is 1.22 bits per heavy atom. The Labute approximate surface area is 51.0 Å². The fourth-order valence-electron chi connectivity index (χ4n) is 0.841. The molecule has 2 N–H and O–H groups in total. The molecule has 1 saturated carbocycles. The SMILES string of the molecule is NC1(C(F)(F)F)CCC1. The summed E-state index contributed by atoms with van der Waals surface area (Å²) in [6.07, 6.45) is -3.39. The number of halogens is 3. The summed E-state index contributed by atoms with van der Waals surface area (Å²) in [5.74, 6) is 0. The molecule has 9 heavy (non-hydrogen) atoms. The zero-order valence-corrected chi connectivity index (χ0v) is 4.83. The van der Waals surface area contributed by atoms with Gasteiger partial charge < -0.3 is 5.73 Å². The predicted molar refractivity (Wildman–Crippen MR) is 26.8 cm³/mol. The minimum Gasteiger partial charge on any atom is -0.318 e. The highest BCUT2D eigenvalue weighted by Crippen LogP contribution is 2.42. The number of alkyl halides is 3. The molecule has 1 aliphatic rings. The lowest BCUT2D eigenvalue weighted by molar-refractivity contribution is -0.206. The molecule has 1 rings (SSSR count). The van der Waals surface area contributed by atoms with Crippen molar-refractivity contribution in [3.05, 3.63) is 0 Å². The molecule has 4 heteroatoms. The zero-order chi connectivity index (χ0) is 7.12. The first-order valence-corrected chi connectivity index (χ1v) is 2.81. The van der Waals surface area contributed by atoms with Crippen molar-refractivity contribution < 1.29 is 13.2 Å². The summed E-state index contributed by atoms with van der Waals surface area (Å²) in [6.45, 7) is 0. The van der Waals surface area contributed by atoms with E-state index in [1.54, 1.807) is 0 Å². The van der Waals surface area contributed by atoms with Gasteiger partial charge in [-0.15, -0.1) is 0 Å². The average molecular weight is 139 g/mol. The molecule has 0 aliphatic heterocycles. The van der Waals surface area contributed by atoms with Gasteiger partial charge in [-0.1, -0.05) is 0 Å². The van der Waals surface area contributed by atoms with Gasteiger partial charge in [-0.2, -0.15) is 13.2 Å². The molecule has 0 saturated heterocycles. The van der Waals surface area contributed by atoms with E-state index in [2.05, 4.69) is 0 Å². The van der Waals surface area contributed by atoms with Crippen molar-refractivity contribution in [3.63, 3.8) is 0 Å². The monoisotopic (exact) mass is 139 g/mol. The van der Waals surface area contributed by atoms with Crippen LogP contribution >= 0.6 is 0 Å². The highest BCUT2D eigenvalue weighted by atomic mass is 19.4. The lowest BCUT2D eigenvalue weighted by Gasteiger charge is -2.39. The maximum absolute atomic E-state index is 11.8. The van der Waals surface area contributed by atoms with E-state index in [-0.39, 0.29) is 12.8 Å². The second kappa shape index (κ2) is 1.62. The van der Waals surface area contributed by atoms with E-state index in [1.807, 2.05) is 0 Å². The first-order valence-electron chi connectivity index (χ1n) is 2.81. The molecule has 0 spiro atoms. The van der Waals surface area contributed by atoms with Gasteiger partial charge in [0.25, 0.3) is 0 Å². The molecule has 0 amide bonds. The fourth-order valence-corrected chi connectivity index (χ4v) is 0.841. The fraction of sp³-hybridized carbons (Fsp3) is 1.00. The molecular weight excluding hydrogens is 131 g/mol. The Bertz CT molecular complexity index is 114. The van der Waals surface area contributed by atoms with Crippen LogP contribution in [0, 0.1) is 0 Å². The van der Waals surface area contributed by atoms with Crippen molar-refractivity contribution in [3.8, 4) is 0 Å². The molecule has 1 aliphatic carbocycles. The molecule has 0 aromatic rings. The largest absolute Gasteiger partial charge is 0.406 e. The second-order valence-corrected chi connectivity index (χ2v) is 2.51. The van der Waals surface area contributed by atoms with Crippen molar-refractivity contribution in [2.45, 2.75) is 31.0 Å². The van der Waals surface area contributed by atoms with E-state index in [0.29, 0.717) is 6.42 Å². The van der Waals surface area contributed by atoms with Gasteiger partial charge in [-0.25, -0.2) is 0 Å². The van der Waals surface area contributed by atoms with Crippen LogP contribution < -0.4 is 5.73 Å².